The van der Waals surface area contributed by atoms with Gasteiger partial charge in [-0.15, -0.1) is 0 Å². The second-order valence-electron chi connectivity index (χ2n) is 8.30. The zero-order valence-corrected chi connectivity index (χ0v) is 16.2. The number of carboxylic acid groups (broad SMARTS) is 1. The molecule has 1 aliphatic carbocycles. The van der Waals surface area contributed by atoms with Crippen molar-refractivity contribution in [2.75, 3.05) is 0 Å². The minimum Gasteiger partial charge on any atom is -0.872 e. The molecule has 26 heavy (non-hydrogen) atoms. The van der Waals surface area contributed by atoms with E-state index in [1.54, 1.807) is 0 Å². The normalized spacial score (nSPS) is 23.5. The Morgan fingerprint density at radius 3 is 2.77 bits per heavy atom. The lowest BCUT2D eigenvalue weighted by Gasteiger charge is -2.48. The maximum atomic E-state index is 13.2. The highest BCUT2D eigenvalue weighted by Crippen LogP contribution is 2.53. The number of benzene rings is 1. The standard InChI is InChI=1S/C22H30O4/c1-5-6-7-8-14-12-17-19(20(23)18(14)21(24)25)15-11-13(2)9-10-16(15)22(3,4)26-17/h11-12,15-16,23H,5-10H2,1-4H3,(H,24,25)/p-1. The predicted molar refractivity (Wildman–Crippen MR) is 100 cm³/mol. The summed E-state index contributed by atoms with van der Waals surface area (Å²) >= 11 is 0. The van der Waals surface area contributed by atoms with Gasteiger partial charge < -0.3 is 14.9 Å². The van der Waals surface area contributed by atoms with E-state index < -0.39 is 5.97 Å². The summed E-state index contributed by atoms with van der Waals surface area (Å²) < 4.78 is 6.26. The van der Waals surface area contributed by atoms with Gasteiger partial charge in [-0.3, -0.25) is 0 Å². The first-order chi connectivity index (χ1) is 12.3. The van der Waals surface area contributed by atoms with E-state index in [1.165, 1.54) is 5.57 Å². The van der Waals surface area contributed by atoms with Gasteiger partial charge in [-0.1, -0.05) is 37.2 Å². The van der Waals surface area contributed by atoms with Crippen molar-refractivity contribution in [3.63, 3.8) is 0 Å². The summed E-state index contributed by atoms with van der Waals surface area (Å²) in [5, 5.41) is 22.9. The van der Waals surface area contributed by atoms with E-state index in [4.69, 9.17) is 4.74 Å². The lowest BCUT2D eigenvalue weighted by molar-refractivity contribution is -0.271. The van der Waals surface area contributed by atoms with Crippen molar-refractivity contribution in [3.05, 3.63) is 34.4 Å². The maximum Gasteiger partial charge on any atom is 0.335 e. The first-order valence-corrected chi connectivity index (χ1v) is 9.72. The van der Waals surface area contributed by atoms with E-state index in [1.807, 2.05) is 6.07 Å². The molecular weight excluding hydrogens is 328 g/mol. The lowest BCUT2D eigenvalue weighted by atomic mass is 9.67. The van der Waals surface area contributed by atoms with Gasteiger partial charge in [-0.2, -0.15) is 0 Å². The number of ether oxygens (including phenoxy) is 1. The van der Waals surface area contributed by atoms with Crippen molar-refractivity contribution in [1.29, 1.82) is 0 Å². The van der Waals surface area contributed by atoms with Gasteiger partial charge in [0.05, 0.1) is 5.56 Å². The molecule has 2 atom stereocenters. The number of aromatic carboxylic acids is 1. The molecule has 1 heterocycles. The van der Waals surface area contributed by atoms with Crippen LogP contribution in [0.25, 0.3) is 0 Å². The summed E-state index contributed by atoms with van der Waals surface area (Å²) in [6.07, 6.45) is 7.66. The summed E-state index contributed by atoms with van der Waals surface area (Å²) in [4.78, 5) is 11.9. The van der Waals surface area contributed by atoms with Crippen LogP contribution in [0.5, 0.6) is 11.5 Å². The van der Waals surface area contributed by atoms with Crippen LogP contribution in [0, 0.1) is 5.92 Å². The quantitative estimate of drug-likeness (QED) is 0.607. The molecule has 0 aromatic heterocycles. The van der Waals surface area contributed by atoms with Gasteiger partial charge in [-0.25, -0.2) is 4.79 Å². The fourth-order valence-electron chi connectivity index (χ4n) is 4.59. The molecule has 0 radical (unpaired) electrons. The van der Waals surface area contributed by atoms with E-state index in [0.29, 0.717) is 23.3 Å². The first-order valence-electron chi connectivity index (χ1n) is 9.72. The second-order valence-corrected chi connectivity index (χ2v) is 8.30. The number of aryl methyl sites for hydroxylation is 1. The van der Waals surface area contributed by atoms with Crippen LogP contribution in [0.2, 0.25) is 0 Å². The SMILES string of the molecule is CCCCCc1cc2c(c([O-])c1C(=O)O)C1C=C(C)CCC1C(C)(C)O2. The van der Waals surface area contributed by atoms with Crippen LogP contribution in [0.4, 0.5) is 0 Å². The van der Waals surface area contributed by atoms with Gasteiger partial charge in [0.15, 0.2) is 0 Å². The van der Waals surface area contributed by atoms with Gasteiger partial charge in [0.2, 0.25) is 0 Å². The Labute approximate surface area is 155 Å². The Balaban J connectivity index is 2.15. The number of hydrogen-bond donors (Lipinski definition) is 1. The van der Waals surface area contributed by atoms with Crippen LogP contribution in [0.1, 0.15) is 87.2 Å². The molecule has 2 unspecified atom stereocenters. The van der Waals surface area contributed by atoms with Crippen LogP contribution in [0.15, 0.2) is 17.7 Å². The smallest absolute Gasteiger partial charge is 0.335 e. The third kappa shape index (κ3) is 3.22. The highest BCUT2D eigenvalue weighted by atomic mass is 16.5. The number of rotatable bonds is 5. The van der Waals surface area contributed by atoms with Crippen LogP contribution in [-0.2, 0) is 6.42 Å². The molecule has 4 heteroatoms. The first kappa shape index (κ1) is 18.8. The van der Waals surface area contributed by atoms with Crippen LogP contribution in [0.3, 0.4) is 0 Å². The van der Waals surface area contributed by atoms with Crippen molar-refractivity contribution in [1.82, 2.24) is 0 Å². The minimum atomic E-state index is -1.12. The molecular formula is C22H29O4-. The molecule has 0 saturated heterocycles. The van der Waals surface area contributed by atoms with Gasteiger partial charge in [0, 0.05) is 11.8 Å². The summed E-state index contributed by atoms with van der Waals surface area (Å²) in [5.74, 6) is -0.749. The zero-order chi connectivity index (χ0) is 19.1. The zero-order valence-electron chi connectivity index (χ0n) is 16.2. The Morgan fingerprint density at radius 1 is 1.38 bits per heavy atom. The van der Waals surface area contributed by atoms with E-state index in [2.05, 4.69) is 33.8 Å². The van der Waals surface area contributed by atoms with Crippen molar-refractivity contribution < 1.29 is 19.7 Å². The molecule has 1 aliphatic heterocycles. The predicted octanol–water partition coefficient (Wildman–Crippen LogP) is 4.80. The number of unbranched alkanes of at least 4 members (excludes halogenated alkanes) is 2. The van der Waals surface area contributed by atoms with Gasteiger partial charge in [-0.05, 0) is 63.6 Å². The third-order valence-corrected chi connectivity index (χ3v) is 5.97. The number of carboxylic acids is 1. The molecule has 0 fully saturated rings. The fraction of sp³-hybridized carbons (Fsp3) is 0.591. The average Bonchev–Trinajstić information content (AvgIpc) is 2.53. The largest absolute Gasteiger partial charge is 0.872 e. The molecule has 4 nitrogen and oxygen atoms in total. The highest BCUT2D eigenvalue weighted by Gasteiger charge is 2.44. The van der Waals surface area contributed by atoms with E-state index in [0.717, 1.165) is 32.1 Å². The topological polar surface area (TPSA) is 69.6 Å². The molecule has 0 amide bonds. The maximum absolute atomic E-state index is 13.2. The van der Waals surface area contributed by atoms with Crippen molar-refractivity contribution in [3.8, 4) is 11.5 Å². The van der Waals surface area contributed by atoms with E-state index >= 15 is 0 Å². The molecule has 0 saturated carbocycles. The molecule has 142 valence electrons. The van der Waals surface area contributed by atoms with Crippen molar-refractivity contribution in [2.45, 2.75) is 77.7 Å². The molecule has 2 aliphatic rings. The summed E-state index contributed by atoms with van der Waals surface area (Å²) in [7, 11) is 0. The second kappa shape index (κ2) is 6.98. The Kier molecular flexibility index (Phi) is 5.05. The van der Waals surface area contributed by atoms with Crippen molar-refractivity contribution in [2.24, 2.45) is 5.92 Å². The Bertz CT molecular complexity index is 745. The van der Waals surface area contributed by atoms with Crippen LogP contribution >= 0.6 is 0 Å². The monoisotopic (exact) mass is 357 g/mol. The Morgan fingerprint density at radius 2 is 2.12 bits per heavy atom. The minimum absolute atomic E-state index is 0.0569. The molecule has 3 rings (SSSR count). The van der Waals surface area contributed by atoms with E-state index in [-0.39, 0.29) is 28.7 Å². The number of carbonyl (C=O) groups is 1. The Hall–Kier alpha value is -1.97. The van der Waals surface area contributed by atoms with Crippen molar-refractivity contribution >= 4 is 5.97 Å². The van der Waals surface area contributed by atoms with Crippen LogP contribution in [-0.4, -0.2) is 16.7 Å². The number of allylic oxidation sites excluding steroid dienone is 2. The molecule has 1 N–H and O–H groups in total. The summed E-state index contributed by atoms with van der Waals surface area (Å²) in [6.45, 7) is 8.34. The number of hydrogen-bond acceptors (Lipinski definition) is 3. The summed E-state index contributed by atoms with van der Waals surface area (Å²) in [5.41, 5.74) is 1.99. The molecule has 0 bridgehead atoms. The molecule has 1 aromatic rings. The number of fused-ring (bicyclic) bond motifs is 3. The molecule has 1 aromatic carbocycles. The van der Waals surface area contributed by atoms with E-state index in [9.17, 15) is 15.0 Å². The highest BCUT2D eigenvalue weighted by molar-refractivity contribution is 5.93. The third-order valence-electron chi connectivity index (χ3n) is 5.97. The fourth-order valence-corrected chi connectivity index (χ4v) is 4.59. The summed E-state index contributed by atoms with van der Waals surface area (Å²) in [6, 6.07) is 1.82. The van der Waals surface area contributed by atoms with Gasteiger partial charge >= 0.3 is 5.97 Å². The van der Waals surface area contributed by atoms with Crippen LogP contribution < -0.4 is 9.84 Å². The van der Waals surface area contributed by atoms with Gasteiger partial charge in [0.25, 0.3) is 0 Å². The van der Waals surface area contributed by atoms with Gasteiger partial charge in [0.1, 0.15) is 11.4 Å². The average molecular weight is 357 g/mol. The lowest BCUT2D eigenvalue weighted by Crippen LogP contribution is -2.45. The molecule has 0 spiro atoms.